The highest BCUT2D eigenvalue weighted by Gasteiger charge is 2.48. The number of likely N-dealkylation sites (tertiary alicyclic amines) is 1. The van der Waals surface area contributed by atoms with Crippen molar-refractivity contribution in [3.8, 4) is 5.75 Å². The summed E-state index contributed by atoms with van der Waals surface area (Å²) in [4.78, 5) is 15.1. The fourth-order valence-electron chi connectivity index (χ4n) is 4.35. The van der Waals surface area contributed by atoms with E-state index in [4.69, 9.17) is 16.3 Å². The van der Waals surface area contributed by atoms with Crippen LogP contribution >= 0.6 is 11.6 Å². The van der Waals surface area contributed by atoms with Crippen molar-refractivity contribution in [3.05, 3.63) is 52.5 Å². The number of anilines is 1. The smallest absolute Gasteiger partial charge is 0.235 e. The molecule has 2 aromatic rings. The van der Waals surface area contributed by atoms with E-state index < -0.39 is 15.3 Å². The van der Waals surface area contributed by atoms with Gasteiger partial charge in [0, 0.05) is 24.6 Å². The lowest BCUT2D eigenvalue weighted by atomic mass is 9.73. The maximum atomic E-state index is 12.7. The molecule has 2 aliphatic heterocycles. The number of hydrogen-bond donors (Lipinski definition) is 1. The third-order valence-corrected chi connectivity index (χ3v) is 7.64. The first kappa shape index (κ1) is 21.2. The van der Waals surface area contributed by atoms with Gasteiger partial charge in [0.1, 0.15) is 12.4 Å². The van der Waals surface area contributed by atoms with E-state index in [1.165, 1.54) is 17.7 Å². The number of halogens is 1. The topological polar surface area (TPSA) is 75.7 Å². The summed E-state index contributed by atoms with van der Waals surface area (Å²) >= 11 is 6.07. The molecule has 1 spiro atoms. The normalized spacial score (nSPS) is 18.3. The molecule has 160 valence electrons. The van der Waals surface area contributed by atoms with Crippen molar-refractivity contribution in [2.45, 2.75) is 30.1 Å². The molecule has 0 saturated carbocycles. The summed E-state index contributed by atoms with van der Waals surface area (Å²) in [5, 5.41) is 3.21. The predicted octanol–water partition coefficient (Wildman–Crippen LogP) is 3.42. The predicted molar refractivity (Wildman–Crippen MR) is 117 cm³/mol. The highest BCUT2D eigenvalue weighted by Crippen LogP contribution is 2.45. The standard InChI is InChI=1S/C22H25ClN2O4S/c1-15-3-5-19-17(13-15)22(21(26)24-19)7-9-25(10-8-22)11-12-29-16-4-6-20(18(23)14-16)30(2,27)28/h3-6,13-14H,7-12H2,1-2H3,(H,24,26). The van der Waals surface area contributed by atoms with Crippen molar-refractivity contribution in [2.24, 2.45) is 0 Å². The van der Waals surface area contributed by atoms with Crippen molar-refractivity contribution in [3.63, 3.8) is 0 Å². The quantitative estimate of drug-likeness (QED) is 0.758. The molecule has 4 rings (SSSR count). The van der Waals surface area contributed by atoms with Crippen molar-refractivity contribution in [2.75, 3.05) is 37.8 Å². The van der Waals surface area contributed by atoms with Crippen molar-refractivity contribution in [1.82, 2.24) is 4.90 Å². The zero-order valence-corrected chi connectivity index (χ0v) is 18.6. The second-order valence-corrected chi connectivity index (χ2v) is 10.5. The number of sulfone groups is 1. The van der Waals surface area contributed by atoms with E-state index in [0.29, 0.717) is 12.4 Å². The van der Waals surface area contributed by atoms with E-state index in [1.54, 1.807) is 6.07 Å². The van der Waals surface area contributed by atoms with Crippen LogP contribution in [0, 0.1) is 6.92 Å². The van der Waals surface area contributed by atoms with E-state index in [0.717, 1.165) is 50.0 Å². The van der Waals surface area contributed by atoms with Crippen LogP contribution in [0.3, 0.4) is 0 Å². The summed E-state index contributed by atoms with van der Waals surface area (Å²) in [5.41, 5.74) is 2.81. The van der Waals surface area contributed by atoms with Crippen LogP contribution in [0.15, 0.2) is 41.3 Å². The summed E-state index contributed by atoms with van der Waals surface area (Å²) in [6.07, 6.45) is 2.69. The maximum absolute atomic E-state index is 12.7. The number of nitrogens with one attached hydrogen (secondary N) is 1. The van der Waals surface area contributed by atoms with Crippen LogP contribution in [0.25, 0.3) is 0 Å². The van der Waals surface area contributed by atoms with E-state index in [-0.39, 0.29) is 15.8 Å². The number of hydrogen-bond acceptors (Lipinski definition) is 5. The molecule has 2 heterocycles. The van der Waals surface area contributed by atoms with E-state index in [9.17, 15) is 13.2 Å². The van der Waals surface area contributed by atoms with Gasteiger partial charge in [-0.2, -0.15) is 0 Å². The summed E-state index contributed by atoms with van der Waals surface area (Å²) in [6.45, 7) is 4.88. The molecule has 30 heavy (non-hydrogen) atoms. The van der Waals surface area contributed by atoms with Gasteiger partial charge in [0.05, 0.1) is 15.3 Å². The minimum absolute atomic E-state index is 0.100. The number of benzene rings is 2. The lowest BCUT2D eigenvalue weighted by Gasteiger charge is -2.38. The molecule has 2 aliphatic rings. The summed E-state index contributed by atoms with van der Waals surface area (Å²) in [7, 11) is -3.36. The lowest BCUT2D eigenvalue weighted by molar-refractivity contribution is -0.122. The summed E-state index contributed by atoms with van der Waals surface area (Å²) in [5.74, 6) is 0.653. The number of fused-ring (bicyclic) bond motifs is 2. The highest BCUT2D eigenvalue weighted by molar-refractivity contribution is 7.90. The molecule has 0 bridgehead atoms. The Morgan fingerprint density at radius 2 is 1.90 bits per heavy atom. The van der Waals surface area contributed by atoms with Crippen LogP contribution in [0.2, 0.25) is 5.02 Å². The van der Waals surface area contributed by atoms with Gasteiger partial charge in [-0.3, -0.25) is 9.69 Å². The average Bonchev–Trinajstić information content (AvgIpc) is 2.94. The molecule has 0 radical (unpaired) electrons. The van der Waals surface area contributed by atoms with Gasteiger partial charge in [0.25, 0.3) is 0 Å². The van der Waals surface area contributed by atoms with Crippen LogP contribution in [0.1, 0.15) is 24.0 Å². The van der Waals surface area contributed by atoms with E-state index >= 15 is 0 Å². The Morgan fingerprint density at radius 3 is 2.57 bits per heavy atom. The Kier molecular flexibility index (Phi) is 5.55. The molecular formula is C22H25ClN2O4S. The fraction of sp³-hybridized carbons (Fsp3) is 0.409. The van der Waals surface area contributed by atoms with Gasteiger partial charge < -0.3 is 10.1 Å². The van der Waals surface area contributed by atoms with Crippen LogP contribution in [0.5, 0.6) is 5.75 Å². The molecule has 1 saturated heterocycles. The van der Waals surface area contributed by atoms with Gasteiger partial charge in [0.15, 0.2) is 9.84 Å². The van der Waals surface area contributed by atoms with Crippen LogP contribution in [0.4, 0.5) is 5.69 Å². The monoisotopic (exact) mass is 448 g/mol. The first-order valence-electron chi connectivity index (χ1n) is 9.96. The molecule has 6 nitrogen and oxygen atoms in total. The van der Waals surface area contributed by atoms with Crippen LogP contribution in [-0.2, 0) is 20.0 Å². The largest absolute Gasteiger partial charge is 0.492 e. The number of amides is 1. The zero-order valence-electron chi connectivity index (χ0n) is 17.1. The SMILES string of the molecule is Cc1ccc2c(c1)C1(CCN(CCOc3ccc(S(C)(=O)=O)c(Cl)c3)CC1)C(=O)N2. The second-order valence-electron chi connectivity index (χ2n) is 8.14. The Labute approximate surface area is 182 Å². The Balaban J connectivity index is 1.34. The maximum Gasteiger partial charge on any atom is 0.235 e. The molecular weight excluding hydrogens is 424 g/mol. The van der Waals surface area contributed by atoms with Gasteiger partial charge in [-0.25, -0.2) is 8.42 Å². The highest BCUT2D eigenvalue weighted by atomic mass is 35.5. The van der Waals surface area contributed by atoms with Crippen molar-refractivity contribution in [1.29, 1.82) is 0 Å². The summed E-state index contributed by atoms with van der Waals surface area (Å²) < 4.78 is 29.1. The number of piperidine rings is 1. The van der Waals surface area contributed by atoms with Gasteiger partial charge in [-0.15, -0.1) is 0 Å². The number of aryl methyl sites for hydroxylation is 1. The van der Waals surface area contributed by atoms with Gasteiger partial charge in [-0.05, 0) is 56.6 Å². The number of carbonyl (C=O) groups is 1. The average molecular weight is 449 g/mol. The molecule has 0 aliphatic carbocycles. The Hall–Kier alpha value is -2.09. The number of nitrogens with zero attached hydrogens (tertiary/aromatic N) is 1. The second kappa shape index (κ2) is 7.87. The third kappa shape index (κ3) is 3.94. The van der Waals surface area contributed by atoms with Gasteiger partial charge in [-0.1, -0.05) is 29.3 Å². The van der Waals surface area contributed by atoms with Crippen molar-refractivity contribution < 1.29 is 17.9 Å². The molecule has 0 atom stereocenters. The van der Waals surface area contributed by atoms with Crippen LogP contribution < -0.4 is 10.1 Å². The Bertz CT molecular complexity index is 1090. The molecule has 0 aromatic heterocycles. The molecule has 8 heteroatoms. The fourth-order valence-corrected chi connectivity index (χ4v) is 5.67. The van der Waals surface area contributed by atoms with Gasteiger partial charge in [0.2, 0.25) is 5.91 Å². The first-order chi connectivity index (χ1) is 14.2. The number of ether oxygens (including phenoxy) is 1. The van der Waals surface area contributed by atoms with E-state index in [1.807, 2.05) is 12.1 Å². The third-order valence-electron chi connectivity index (χ3n) is 6.06. The first-order valence-corrected chi connectivity index (χ1v) is 12.2. The Morgan fingerprint density at radius 1 is 1.17 bits per heavy atom. The molecule has 1 fully saturated rings. The minimum atomic E-state index is -3.36. The zero-order chi connectivity index (χ0) is 21.5. The number of carbonyl (C=O) groups excluding carboxylic acids is 1. The van der Waals surface area contributed by atoms with Crippen LogP contribution in [-0.4, -0.2) is 51.7 Å². The van der Waals surface area contributed by atoms with Crippen molar-refractivity contribution >= 4 is 33.0 Å². The lowest BCUT2D eigenvalue weighted by Crippen LogP contribution is -2.47. The molecule has 1 N–H and O–H groups in total. The molecule has 2 aromatic carbocycles. The molecule has 1 amide bonds. The minimum Gasteiger partial charge on any atom is -0.492 e. The van der Waals surface area contributed by atoms with E-state index in [2.05, 4.69) is 23.2 Å². The molecule has 0 unspecified atom stereocenters. The van der Waals surface area contributed by atoms with Gasteiger partial charge >= 0.3 is 0 Å². The summed E-state index contributed by atoms with van der Waals surface area (Å²) in [6, 6.07) is 10.8. The number of rotatable bonds is 5.